The molecule has 0 spiro atoms. The first-order chi connectivity index (χ1) is 12.1. The lowest BCUT2D eigenvalue weighted by Crippen LogP contribution is -2.32. The molecule has 0 saturated heterocycles. The van der Waals surface area contributed by atoms with Crippen molar-refractivity contribution in [2.24, 2.45) is 0 Å². The van der Waals surface area contributed by atoms with E-state index in [0.29, 0.717) is 17.1 Å². The average molecular weight is 353 g/mol. The quantitative estimate of drug-likeness (QED) is 0.561. The van der Waals surface area contributed by atoms with Gasteiger partial charge in [-0.1, -0.05) is 41.9 Å². The Morgan fingerprint density at radius 3 is 2.52 bits per heavy atom. The van der Waals surface area contributed by atoms with Crippen molar-refractivity contribution in [2.45, 2.75) is 25.4 Å². The molecule has 4 nitrogen and oxygen atoms in total. The number of hydrogen-bond acceptors (Lipinski definition) is 2. The molecule has 4 rings (SSSR count). The minimum atomic E-state index is -0.517. The van der Waals surface area contributed by atoms with Gasteiger partial charge in [0.1, 0.15) is 0 Å². The van der Waals surface area contributed by atoms with Crippen molar-refractivity contribution < 1.29 is 9.59 Å². The summed E-state index contributed by atoms with van der Waals surface area (Å²) in [5, 5.41) is 4.26. The highest BCUT2D eigenvalue weighted by atomic mass is 35.5. The van der Waals surface area contributed by atoms with E-state index in [-0.39, 0.29) is 6.04 Å². The van der Waals surface area contributed by atoms with Crippen LogP contribution < -0.4 is 5.32 Å². The topological polar surface area (TPSA) is 51.1 Å². The van der Waals surface area contributed by atoms with E-state index >= 15 is 0 Å². The zero-order chi connectivity index (χ0) is 17.4. The van der Waals surface area contributed by atoms with E-state index in [1.165, 1.54) is 0 Å². The van der Waals surface area contributed by atoms with E-state index in [1.807, 2.05) is 53.1 Å². The molecule has 126 valence electrons. The third-order valence-corrected chi connectivity index (χ3v) is 4.67. The van der Waals surface area contributed by atoms with Crippen molar-refractivity contribution in [3.63, 3.8) is 0 Å². The van der Waals surface area contributed by atoms with Crippen LogP contribution in [0.5, 0.6) is 0 Å². The van der Waals surface area contributed by atoms with Crippen molar-refractivity contribution in [2.75, 3.05) is 0 Å². The highest BCUT2D eigenvalue weighted by Gasteiger charge is 2.28. The number of carbonyl (C=O) groups is 2. The second-order valence-corrected chi connectivity index (χ2v) is 6.83. The summed E-state index contributed by atoms with van der Waals surface area (Å²) < 4.78 is 2.00. The second kappa shape index (κ2) is 6.37. The molecule has 0 unspecified atom stereocenters. The van der Waals surface area contributed by atoms with E-state index in [4.69, 9.17) is 11.6 Å². The fraction of sp³-hybridized carbons (Fsp3) is 0.200. The SMILES string of the molecule is O=C(NC1CC1)C(=O)c1cn(Cc2ccc(Cl)cc2)c2ccccc12. The van der Waals surface area contributed by atoms with Crippen molar-refractivity contribution in [3.8, 4) is 0 Å². The summed E-state index contributed by atoms with van der Waals surface area (Å²) in [7, 11) is 0. The molecule has 0 aliphatic heterocycles. The van der Waals surface area contributed by atoms with Crippen LogP contribution in [0.1, 0.15) is 28.8 Å². The van der Waals surface area contributed by atoms with Crippen molar-refractivity contribution in [1.82, 2.24) is 9.88 Å². The van der Waals surface area contributed by atoms with Crippen LogP contribution in [0.2, 0.25) is 5.02 Å². The molecule has 0 radical (unpaired) electrons. The monoisotopic (exact) mass is 352 g/mol. The number of fused-ring (bicyclic) bond motifs is 1. The number of aromatic nitrogens is 1. The van der Waals surface area contributed by atoms with Gasteiger partial charge in [-0.3, -0.25) is 9.59 Å². The molecule has 1 aliphatic rings. The van der Waals surface area contributed by atoms with Crippen LogP contribution in [-0.4, -0.2) is 22.3 Å². The van der Waals surface area contributed by atoms with Crippen LogP contribution in [0, 0.1) is 0 Å². The molecule has 1 aromatic heterocycles. The standard InChI is InChI=1S/C20H17ClN2O2/c21-14-7-5-13(6-8-14)11-23-12-17(16-3-1-2-4-18(16)23)19(24)20(25)22-15-9-10-15/h1-8,12,15H,9-11H2,(H,22,25). The van der Waals surface area contributed by atoms with Gasteiger partial charge in [0.2, 0.25) is 0 Å². The third kappa shape index (κ3) is 3.30. The van der Waals surface area contributed by atoms with Crippen LogP contribution in [0.25, 0.3) is 10.9 Å². The highest BCUT2D eigenvalue weighted by molar-refractivity contribution is 6.45. The Labute approximate surface area is 150 Å². The molecule has 1 heterocycles. The second-order valence-electron chi connectivity index (χ2n) is 6.39. The number of para-hydroxylation sites is 1. The Morgan fingerprint density at radius 1 is 1.08 bits per heavy atom. The number of rotatable bonds is 5. The summed E-state index contributed by atoms with van der Waals surface area (Å²) in [6.07, 6.45) is 3.68. The molecule has 0 bridgehead atoms. The Kier molecular flexibility index (Phi) is 4.06. The summed E-state index contributed by atoms with van der Waals surface area (Å²) in [4.78, 5) is 24.7. The van der Waals surface area contributed by atoms with E-state index in [0.717, 1.165) is 29.3 Å². The van der Waals surface area contributed by atoms with Gasteiger partial charge in [0.15, 0.2) is 0 Å². The number of nitrogens with one attached hydrogen (secondary N) is 1. The van der Waals surface area contributed by atoms with Gasteiger partial charge in [-0.15, -0.1) is 0 Å². The maximum atomic E-state index is 12.6. The lowest BCUT2D eigenvalue weighted by atomic mass is 10.1. The number of carbonyl (C=O) groups excluding carboxylic acids is 2. The first-order valence-electron chi connectivity index (χ1n) is 8.29. The predicted octanol–water partition coefficient (Wildman–Crippen LogP) is 3.80. The van der Waals surface area contributed by atoms with Gasteiger partial charge in [-0.25, -0.2) is 0 Å². The third-order valence-electron chi connectivity index (χ3n) is 4.42. The Balaban J connectivity index is 1.69. The summed E-state index contributed by atoms with van der Waals surface area (Å²) in [5.41, 5.74) is 2.45. The summed E-state index contributed by atoms with van der Waals surface area (Å²) in [6, 6.07) is 15.4. The number of nitrogens with zero attached hydrogens (tertiary/aromatic N) is 1. The fourth-order valence-electron chi connectivity index (χ4n) is 2.95. The van der Waals surface area contributed by atoms with Crippen molar-refractivity contribution >= 4 is 34.2 Å². The largest absolute Gasteiger partial charge is 0.346 e. The fourth-order valence-corrected chi connectivity index (χ4v) is 3.07. The molecule has 1 saturated carbocycles. The number of Topliss-reactive ketones (excluding diaryl/α,β-unsaturated/α-hetero) is 1. The van der Waals surface area contributed by atoms with Crippen LogP contribution in [0.3, 0.4) is 0 Å². The van der Waals surface area contributed by atoms with E-state index < -0.39 is 11.7 Å². The zero-order valence-electron chi connectivity index (χ0n) is 13.5. The van der Waals surface area contributed by atoms with Crippen LogP contribution >= 0.6 is 11.6 Å². The summed E-state index contributed by atoms with van der Waals surface area (Å²) in [5.74, 6) is -0.991. The molecule has 1 fully saturated rings. The number of amides is 1. The minimum Gasteiger partial charge on any atom is -0.346 e. The Morgan fingerprint density at radius 2 is 1.80 bits per heavy atom. The smallest absolute Gasteiger partial charge is 0.292 e. The molecule has 25 heavy (non-hydrogen) atoms. The zero-order valence-corrected chi connectivity index (χ0v) is 14.3. The van der Waals surface area contributed by atoms with E-state index in [1.54, 1.807) is 6.20 Å². The molecule has 1 amide bonds. The predicted molar refractivity (Wildman–Crippen MR) is 98.0 cm³/mol. The Bertz CT molecular complexity index is 955. The van der Waals surface area contributed by atoms with Gasteiger partial charge < -0.3 is 9.88 Å². The van der Waals surface area contributed by atoms with Crippen LogP contribution in [-0.2, 0) is 11.3 Å². The highest BCUT2D eigenvalue weighted by Crippen LogP contribution is 2.24. The molecular formula is C20H17ClN2O2. The minimum absolute atomic E-state index is 0.166. The number of hydrogen-bond donors (Lipinski definition) is 1. The lowest BCUT2D eigenvalue weighted by Gasteiger charge is -2.05. The van der Waals surface area contributed by atoms with Gasteiger partial charge >= 0.3 is 0 Å². The van der Waals surface area contributed by atoms with Gasteiger partial charge in [0.25, 0.3) is 11.7 Å². The number of halogens is 1. The molecule has 2 aromatic carbocycles. The van der Waals surface area contributed by atoms with Crippen molar-refractivity contribution in [3.05, 3.63) is 70.9 Å². The van der Waals surface area contributed by atoms with Gasteiger partial charge in [-0.05, 0) is 36.6 Å². The van der Waals surface area contributed by atoms with E-state index in [9.17, 15) is 9.59 Å². The molecule has 3 aromatic rings. The Hall–Kier alpha value is -2.59. The maximum Gasteiger partial charge on any atom is 0.292 e. The van der Waals surface area contributed by atoms with Gasteiger partial charge in [0.05, 0.1) is 5.56 Å². The molecular weight excluding hydrogens is 336 g/mol. The van der Waals surface area contributed by atoms with Crippen LogP contribution in [0.15, 0.2) is 54.7 Å². The van der Waals surface area contributed by atoms with Crippen LogP contribution in [0.4, 0.5) is 0 Å². The maximum absolute atomic E-state index is 12.6. The first-order valence-corrected chi connectivity index (χ1v) is 8.67. The molecule has 0 atom stereocenters. The number of benzene rings is 2. The first kappa shape index (κ1) is 15.9. The molecule has 1 N–H and O–H groups in total. The van der Waals surface area contributed by atoms with E-state index in [2.05, 4.69) is 5.32 Å². The summed E-state index contributed by atoms with van der Waals surface area (Å²) >= 11 is 5.94. The molecule has 1 aliphatic carbocycles. The van der Waals surface area contributed by atoms with Crippen molar-refractivity contribution in [1.29, 1.82) is 0 Å². The van der Waals surface area contributed by atoms with Gasteiger partial charge in [-0.2, -0.15) is 0 Å². The normalized spacial score (nSPS) is 13.8. The molecule has 5 heteroatoms. The van der Waals surface area contributed by atoms with Gasteiger partial charge in [0, 0.05) is 34.7 Å². The lowest BCUT2D eigenvalue weighted by molar-refractivity contribution is -0.117. The average Bonchev–Trinajstić information content (AvgIpc) is 3.36. The summed E-state index contributed by atoms with van der Waals surface area (Å²) in [6.45, 7) is 0.606. The number of ketones is 1.